The summed E-state index contributed by atoms with van der Waals surface area (Å²) in [6.07, 6.45) is 5.38. The number of aromatic nitrogens is 3. The molecule has 4 aliphatic heterocycles. The number of hydrogen-bond donors (Lipinski definition) is 0. The van der Waals surface area contributed by atoms with Crippen LogP contribution in [0.15, 0.2) is 42.6 Å². The van der Waals surface area contributed by atoms with Crippen LogP contribution < -0.4 is 4.90 Å². The van der Waals surface area contributed by atoms with Crippen LogP contribution in [-0.2, 0) is 30.1 Å². The number of hydrogen-bond acceptors (Lipinski definition) is 7. The molecule has 8 rings (SSSR count). The Labute approximate surface area is 247 Å². The normalized spacial score (nSPS) is 31.1. The lowest BCUT2D eigenvalue weighted by atomic mass is 9.66. The first kappa shape index (κ1) is 27.4. The Kier molecular flexibility index (Phi) is 6.04. The lowest BCUT2D eigenvalue weighted by molar-refractivity contribution is -0.167. The van der Waals surface area contributed by atoms with Crippen LogP contribution in [-0.4, -0.2) is 68.8 Å². The van der Waals surface area contributed by atoms with Crippen molar-refractivity contribution in [3.05, 3.63) is 59.5 Å². The Morgan fingerprint density at radius 3 is 2.62 bits per heavy atom. The number of aryl methyl sites for hydroxylation is 1. The van der Waals surface area contributed by atoms with E-state index in [0.717, 1.165) is 36.4 Å². The Bertz CT molecular complexity index is 1550. The predicted molar refractivity (Wildman–Crippen MR) is 158 cm³/mol. The molecule has 0 spiro atoms. The highest BCUT2D eigenvalue weighted by Crippen LogP contribution is 2.60. The van der Waals surface area contributed by atoms with E-state index >= 15 is 0 Å². The van der Waals surface area contributed by atoms with Gasteiger partial charge >= 0.3 is 5.97 Å². The van der Waals surface area contributed by atoms with Crippen molar-refractivity contribution >= 4 is 23.2 Å². The molecule has 1 unspecified atom stereocenters. The van der Waals surface area contributed by atoms with Gasteiger partial charge in [-0.05, 0) is 57.7 Å². The van der Waals surface area contributed by atoms with Crippen LogP contribution in [0.4, 0.5) is 5.69 Å². The second kappa shape index (κ2) is 9.27. The van der Waals surface area contributed by atoms with Gasteiger partial charge in [-0.25, -0.2) is 9.50 Å². The lowest BCUT2D eigenvalue weighted by Crippen LogP contribution is -2.62. The van der Waals surface area contributed by atoms with Gasteiger partial charge in [0.15, 0.2) is 11.5 Å². The van der Waals surface area contributed by atoms with Crippen LogP contribution in [0.1, 0.15) is 76.8 Å². The number of likely N-dealkylation sites (tertiary alicyclic amines) is 1. The van der Waals surface area contributed by atoms with Crippen molar-refractivity contribution in [2.45, 2.75) is 88.9 Å². The molecule has 3 aromatic rings. The average molecular weight is 572 g/mol. The minimum Gasteiger partial charge on any atom is -0.460 e. The quantitative estimate of drug-likeness (QED) is 0.416. The van der Waals surface area contributed by atoms with Gasteiger partial charge in [0, 0.05) is 44.3 Å². The molecule has 5 fully saturated rings. The third-order valence-corrected chi connectivity index (χ3v) is 9.90. The molecule has 4 saturated heterocycles. The number of anilines is 1. The van der Waals surface area contributed by atoms with Crippen molar-refractivity contribution in [1.82, 2.24) is 19.5 Å². The Morgan fingerprint density at radius 2 is 1.90 bits per heavy atom. The van der Waals surface area contributed by atoms with Crippen LogP contribution in [0.25, 0.3) is 5.65 Å². The van der Waals surface area contributed by atoms with Crippen molar-refractivity contribution in [3.8, 4) is 0 Å². The summed E-state index contributed by atoms with van der Waals surface area (Å²) in [5.41, 5.74) is 3.11. The van der Waals surface area contributed by atoms with Gasteiger partial charge in [-0.2, -0.15) is 0 Å². The number of amides is 1. The number of pyridine rings is 1. The number of esters is 1. The fourth-order valence-corrected chi connectivity index (χ4v) is 7.65. The van der Waals surface area contributed by atoms with Crippen LogP contribution in [0, 0.1) is 12.8 Å². The molecular formula is C33H41N5O4. The molecule has 5 aliphatic rings. The predicted octanol–water partition coefficient (Wildman–Crippen LogP) is 4.54. The van der Waals surface area contributed by atoms with E-state index in [1.165, 1.54) is 5.56 Å². The van der Waals surface area contributed by atoms with Crippen LogP contribution in [0.2, 0.25) is 0 Å². The van der Waals surface area contributed by atoms with E-state index in [1.54, 1.807) is 0 Å². The molecule has 2 atom stereocenters. The van der Waals surface area contributed by atoms with E-state index in [4.69, 9.17) is 19.6 Å². The van der Waals surface area contributed by atoms with Crippen LogP contribution >= 0.6 is 0 Å². The number of ether oxygens (including phenoxy) is 2. The molecule has 6 heterocycles. The van der Waals surface area contributed by atoms with E-state index in [0.29, 0.717) is 38.2 Å². The summed E-state index contributed by atoms with van der Waals surface area (Å²) in [5, 5.41) is 4.95. The van der Waals surface area contributed by atoms with Gasteiger partial charge in [-0.3, -0.25) is 9.59 Å². The molecule has 1 aliphatic carbocycles. The molecule has 2 bridgehead atoms. The molecule has 9 heteroatoms. The third kappa shape index (κ3) is 4.39. The maximum atomic E-state index is 13.2. The summed E-state index contributed by atoms with van der Waals surface area (Å²) < 4.78 is 13.8. The molecule has 222 valence electrons. The molecule has 2 aromatic heterocycles. The van der Waals surface area contributed by atoms with E-state index in [9.17, 15) is 9.59 Å². The Morgan fingerprint density at radius 1 is 1.14 bits per heavy atom. The molecule has 9 nitrogen and oxygen atoms in total. The maximum Gasteiger partial charge on any atom is 0.310 e. The number of nitrogens with zero attached hydrogens (tertiary/aromatic N) is 5. The topological polar surface area (TPSA) is 89.3 Å². The number of benzene rings is 1. The molecular weight excluding hydrogens is 530 g/mol. The van der Waals surface area contributed by atoms with Crippen LogP contribution in [0.3, 0.4) is 0 Å². The number of piperidine rings is 1. The number of carbonyl (C=O) groups excluding carboxylic acids is 2. The summed E-state index contributed by atoms with van der Waals surface area (Å²) >= 11 is 0. The second-order valence-corrected chi connectivity index (χ2v) is 14.3. The summed E-state index contributed by atoms with van der Waals surface area (Å²) in [5.74, 6) is 0.0474. The molecule has 1 saturated carbocycles. The summed E-state index contributed by atoms with van der Waals surface area (Å²) in [4.78, 5) is 35.2. The maximum absolute atomic E-state index is 13.2. The van der Waals surface area contributed by atoms with E-state index in [1.807, 2.05) is 30.2 Å². The number of rotatable bonds is 5. The van der Waals surface area contributed by atoms with Crippen molar-refractivity contribution in [3.63, 3.8) is 0 Å². The van der Waals surface area contributed by atoms with Gasteiger partial charge in [0.25, 0.3) is 0 Å². The van der Waals surface area contributed by atoms with E-state index in [-0.39, 0.29) is 35.2 Å². The van der Waals surface area contributed by atoms with Crippen molar-refractivity contribution < 1.29 is 19.1 Å². The lowest BCUT2D eigenvalue weighted by Gasteiger charge is -2.51. The average Bonchev–Trinajstić information content (AvgIpc) is 3.70. The first-order valence-electron chi connectivity index (χ1n) is 15.2. The van der Waals surface area contributed by atoms with Gasteiger partial charge in [-0.15, -0.1) is 5.10 Å². The fourth-order valence-electron chi connectivity index (χ4n) is 7.65. The van der Waals surface area contributed by atoms with Crippen molar-refractivity contribution in [2.24, 2.45) is 5.92 Å². The Hall–Kier alpha value is -3.46. The van der Waals surface area contributed by atoms with Gasteiger partial charge in [0.05, 0.1) is 29.9 Å². The summed E-state index contributed by atoms with van der Waals surface area (Å²) in [6.45, 7) is 13.0. The molecule has 1 amide bonds. The summed E-state index contributed by atoms with van der Waals surface area (Å²) in [6, 6.07) is 13.0. The number of carbonyl (C=O) groups is 2. The van der Waals surface area contributed by atoms with Crippen LogP contribution in [0.5, 0.6) is 0 Å². The highest BCUT2D eigenvalue weighted by atomic mass is 16.6. The first-order chi connectivity index (χ1) is 19.9. The smallest absolute Gasteiger partial charge is 0.310 e. The van der Waals surface area contributed by atoms with Gasteiger partial charge in [0.2, 0.25) is 5.91 Å². The van der Waals surface area contributed by atoms with Gasteiger partial charge < -0.3 is 19.3 Å². The first-order valence-corrected chi connectivity index (χ1v) is 15.2. The fraction of sp³-hybridized carbons (Fsp3) is 0.576. The minimum atomic E-state index is -0.569. The van der Waals surface area contributed by atoms with Crippen molar-refractivity contribution in [2.75, 3.05) is 31.1 Å². The standard InChI is InChI=1S/C33H41N5O4/c1-22-15-25(36-14-12-31(5,20-36)24-9-7-6-8-10-24)17-38-27(22)34-29(35-38)33-18-32(19-33,21-41-33)37-13-11-23(16-26(37)39)28(40)42-30(2,3)4/h6-10,15,17,23H,11-14,16,18-21H2,1-5H3/t23?,31-,32?,33?/m0/s1. The zero-order valence-corrected chi connectivity index (χ0v) is 25.4. The molecule has 42 heavy (non-hydrogen) atoms. The minimum absolute atomic E-state index is 0.00720. The highest BCUT2D eigenvalue weighted by molar-refractivity contribution is 5.85. The van der Waals surface area contributed by atoms with Gasteiger partial charge in [-0.1, -0.05) is 37.3 Å². The molecule has 0 N–H and O–H groups in total. The molecule has 0 radical (unpaired) electrons. The zero-order chi connectivity index (χ0) is 29.5. The SMILES string of the molecule is Cc1cc(N2CC[C@](C)(c3ccccc3)C2)cn2nc(C34CC(N5CCC(C(=O)OC(C)(C)C)CC5=O)(CO3)C4)nc12. The largest absolute Gasteiger partial charge is 0.460 e. The third-order valence-electron chi connectivity index (χ3n) is 9.90. The van der Waals surface area contributed by atoms with Crippen molar-refractivity contribution in [1.29, 1.82) is 0 Å². The number of fused-ring (bicyclic) bond motifs is 2. The zero-order valence-electron chi connectivity index (χ0n) is 25.4. The monoisotopic (exact) mass is 571 g/mol. The molecule has 1 aromatic carbocycles. The van der Waals surface area contributed by atoms with Gasteiger partial charge in [0.1, 0.15) is 11.2 Å². The highest BCUT2D eigenvalue weighted by Gasteiger charge is 2.68. The van der Waals surface area contributed by atoms with E-state index in [2.05, 4.69) is 61.3 Å². The summed E-state index contributed by atoms with van der Waals surface area (Å²) in [7, 11) is 0. The second-order valence-electron chi connectivity index (χ2n) is 14.3. The van der Waals surface area contributed by atoms with E-state index < -0.39 is 11.2 Å². The Balaban J connectivity index is 1.06.